The fourth-order valence-corrected chi connectivity index (χ4v) is 2.68. The molecule has 3 radical (unpaired) electrons. The van der Waals surface area contributed by atoms with Crippen LogP contribution in [0.5, 0.6) is 0 Å². The molecule has 2 amide bonds. The van der Waals surface area contributed by atoms with Crippen molar-refractivity contribution >= 4 is 33.4 Å². The topological polar surface area (TPSA) is 144 Å². The van der Waals surface area contributed by atoms with Crippen molar-refractivity contribution in [2.45, 2.75) is 18.5 Å². The lowest BCUT2D eigenvalue weighted by atomic mass is 10.0. The summed E-state index contributed by atoms with van der Waals surface area (Å²) in [6.07, 6.45) is 0.676. The SMILES string of the molecule is O=C(N[C@@H](C(=O)NCCC[Si])c1ccccc1)c1cc([N+](=O)[O-])cc([N+](=O)[O-])c1. The first-order valence-corrected chi connectivity index (χ1v) is 9.26. The summed E-state index contributed by atoms with van der Waals surface area (Å²) < 4.78 is 0. The van der Waals surface area contributed by atoms with E-state index in [2.05, 4.69) is 20.9 Å². The molecule has 0 aromatic heterocycles. The van der Waals surface area contributed by atoms with Crippen LogP contribution in [-0.4, -0.2) is 38.4 Å². The van der Waals surface area contributed by atoms with Gasteiger partial charge in [0, 0.05) is 28.9 Å². The minimum Gasteiger partial charge on any atom is -0.354 e. The van der Waals surface area contributed by atoms with Crippen molar-refractivity contribution in [2.75, 3.05) is 6.54 Å². The Kier molecular flexibility index (Phi) is 7.54. The molecule has 0 saturated carbocycles. The van der Waals surface area contributed by atoms with Crippen LogP contribution in [0.25, 0.3) is 0 Å². The van der Waals surface area contributed by atoms with Crippen molar-refractivity contribution in [1.82, 2.24) is 10.6 Å². The van der Waals surface area contributed by atoms with Crippen molar-refractivity contribution in [3.8, 4) is 0 Å². The maximum atomic E-state index is 12.7. The molecule has 1 atom stereocenters. The Hall–Kier alpha value is -3.60. The second-order valence-electron chi connectivity index (χ2n) is 5.96. The van der Waals surface area contributed by atoms with E-state index >= 15 is 0 Å². The Morgan fingerprint density at radius 3 is 2.10 bits per heavy atom. The molecule has 0 spiro atoms. The maximum absolute atomic E-state index is 12.7. The maximum Gasteiger partial charge on any atom is 0.277 e. The molecule has 2 aromatic rings. The van der Waals surface area contributed by atoms with Crippen LogP contribution < -0.4 is 10.6 Å². The van der Waals surface area contributed by atoms with Crippen molar-refractivity contribution in [1.29, 1.82) is 0 Å². The van der Waals surface area contributed by atoms with Gasteiger partial charge >= 0.3 is 0 Å². The predicted molar refractivity (Wildman–Crippen MR) is 105 cm³/mol. The van der Waals surface area contributed by atoms with E-state index in [1.165, 1.54) is 0 Å². The molecule has 0 aliphatic carbocycles. The summed E-state index contributed by atoms with van der Waals surface area (Å²) in [4.78, 5) is 45.7. The molecule has 11 heteroatoms. The average Bonchev–Trinajstić information content (AvgIpc) is 2.72. The lowest BCUT2D eigenvalue weighted by Gasteiger charge is -2.19. The summed E-state index contributed by atoms with van der Waals surface area (Å²) in [5, 5.41) is 27.3. The third-order valence-electron chi connectivity index (χ3n) is 3.91. The Morgan fingerprint density at radius 1 is 1.00 bits per heavy atom. The second-order valence-corrected chi connectivity index (χ2v) is 6.46. The molecule has 0 aliphatic heterocycles. The van der Waals surface area contributed by atoms with Crippen molar-refractivity contribution in [3.63, 3.8) is 0 Å². The van der Waals surface area contributed by atoms with Gasteiger partial charge in [-0.05, 0) is 12.0 Å². The van der Waals surface area contributed by atoms with Gasteiger partial charge in [0.1, 0.15) is 6.04 Å². The number of amides is 2. The van der Waals surface area contributed by atoms with Gasteiger partial charge in [-0.15, -0.1) is 0 Å². The monoisotopic (exact) mass is 413 g/mol. The van der Waals surface area contributed by atoms with E-state index in [0.29, 0.717) is 24.6 Å². The predicted octanol–water partition coefficient (Wildman–Crippen LogP) is 2.07. The molecule has 2 rings (SSSR count). The number of nitro benzene ring substituents is 2. The van der Waals surface area contributed by atoms with Crippen molar-refractivity contribution in [2.24, 2.45) is 0 Å². The van der Waals surface area contributed by atoms with Gasteiger partial charge < -0.3 is 10.6 Å². The van der Waals surface area contributed by atoms with Gasteiger partial charge in [0.15, 0.2) is 0 Å². The molecule has 29 heavy (non-hydrogen) atoms. The van der Waals surface area contributed by atoms with E-state index in [-0.39, 0.29) is 5.56 Å². The average molecular weight is 413 g/mol. The molecular formula is C18H17N4O6Si. The lowest BCUT2D eigenvalue weighted by molar-refractivity contribution is -0.394. The summed E-state index contributed by atoms with van der Waals surface area (Å²) in [5.41, 5.74) is -0.985. The second kappa shape index (κ2) is 10.1. The Morgan fingerprint density at radius 2 is 1.59 bits per heavy atom. The number of nitrogens with one attached hydrogen (secondary N) is 2. The van der Waals surface area contributed by atoms with E-state index in [4.69, 9.17) is 0 Å². The first kappa shape index (κ1) is 21.7. The van der Waals surface area contributed by atoms with E-state index < -0.39 is 39.1 Å². The van der Waals surface area contributed by atoms with Gasteiger partial charge in [-0.3, -0.25) is 29.8 Å². The Labute approximate surface area is 169 Å². The fraction of sp³-hybridized carbons (Fsp3) is 0.222. The molecule has 149 valence electrons. The summed E-state index contributed by atoms with van der Waals surface area (Å²) in [7, 11) is 3.31. The number of nitrogens with zero attached hydrogens (tertiary/aromatic N) is 2. The minimum absolute atomic E-state index is 0.292. The molecule has 0 saturated heterocycles. The molecular weight excluding hydrogens is 396 g/mol. The smallest absolute Gasteiger partial charge is 0.277 e. The number of benzene rings is 2. The first-order chi connectivity index (χ1) is 13.8. The minimum atomic E-state index is -1.07. The molecule has 10 nitrogen and oxygen atoms in total. The van der Waals surface area contributed by atoms with Crippen molar-refractivity contribution < 1.29 is 19.4 Å². The number of nitro groups is 2. The number of rotatable bonds is 9. The summed E-state index contributed by atoms with van der Waals surface area (Å²) in [6, 6.07) is 10.6. The molecule has 0 heterocycles. The molecule has 2 N–H and O–H groups in total. The lowest BCUT2D eigenvalue weighted by Crippen LogP contribution is -2.40. The Balaban J connectivity index is 2.33. The van der Waals surface area contributed by atoms with Gasteiger partial charge in [0.2, 0.25) is 5.91 Å². The van der Waals surface area contributed by atoms with Gasteiger partial charge in [-0.2, -0.15) is 0 Å². The third-order valence-corrected chi connectivity index (χ3v) is 4.26. The molecule has 0 aliphatic rings. The number of hydrogen-bond donors (Lipinski definition) is 2. The van der Waals surface area contributed by atoms with Gasteiger partial charge in [0.25, 0.3) is 17.3 Å². The quantitative estimate of drug-likeness (QED) is 0.279. The highest BCUT2D eigenvalue weighted by atomic mass is 28.1. The molecule has 0 fully saturated rings. The van der Waals surface area contributed by atoms with Crippen LogP contribution in [0.2, 0.25) is 6.04 Å². The molecule has 2 aromatic carbocycles. The van der Waals surface area contributed by atoms with Crippen LogP contribution in [-0.2, 0) is 4.79 Å². The highest BCUT2D eigenvalue weighted by Gasteiger charge is 2.25. The normalized spacial score (nSPS) is 11.3. The van der Waals surface area contributed by atoms with E-state index in [1.54, 1.807) is 30.3 Å². The van der Waals surface area contributed by atoms with Crippen LogP contribution >= 0.6 is 0 Å². The van der Waals surface area contributed by atoms with Gasteiger partial charge in [-0.1, -0.05) is 36.4 Å². The highest BCUT2D eigenvalue weighted by Crippen LogP contribution is 2.23. The number of carbonyl (C=O) groups is 2. The third kappa shape index (κ3) is 5.94. The zero-order chi connectivity index (χ0) is 21.4. The standard InChI is InChI=1S/C18H17N4O6Si/c23-17(13-9-14(21(25)26)11-15(10-13)22(27)28)20-16(12-5-2-1-3-6-12)18(24)19-7-4-8-29/h1-3,5-6,9-11,16H,4,7-8H2,(H,19,24)(H,20,23)/t16-/m1/s1. The van der Waals surface area contributed by atoms with Crippen molar-refractivity contribution in [3.05, 3.63) is 79.9 Å². The molecule has 0 bridgehead atoms. The van der Waals surface area contributed by atoms with Crippen LogP contribution in [0.1, 0.15) is 28.4 Å². The van der Waals surface area contributed by atoms with Crippen LogP contribution in [0.4, 0.5) is 11.4 Å². The van der Waals surface area contributed by atoms with Crippen LogP contribution in [0.3, 0.4) is 0 Å². The fourth-order valence-electron chi connectivity index (χ4n) is 2.50. The van der Waals surface area contributed by atoms with Gasteiger partial charge in [-0.25, -0.2) is 0 Å². The number of carbonyl (C=O) groups excluding carboxylic acids is 2. The summed E-state index contributed by atoms with van der Waals surface area (Å²) in [6.45, 7) is 0.379. The van der Waals surface area contributed by atoms with Gasteiger partial charge in [0.05, 0.1) is 21.5 Å². The van der Waals surface area contributed by atoms with Crippen LogP contribution in [0.15, 0.2) is 48.5 Å². The Bertz CT molecular complexity index is 890. The first-order valence-electron chi connectivity index (χ1n) is 8.55. The molecule has 0 unspecified atom stereocenters. The summed E-state index contributed by atoms with van der Waals surface area (Å²) >= 11 is 0. The number of non-ortho nitro benzene ring substituents is 2. The van der Waals surface area contributed by atoms with E-state index in [9.17, 15) is 29.8 Å². The van der Waals surface area contributed by atoms with E-state index in [1.807, 2.05) is 0 Å². The number of hydrogen-bond acceptors (Lipinski definition) is 6. The highest BCUT2D eigenvalue weighted by molar-refractivity contribution is 6.08. The van der Waals surface area contributed by atoms with E-state index in [0.717, 1.165) is 18.2 Å². The zero-order valence-corrected chi connectivity index (χ0v) is 16.2. The van der Waals surface area contributed by atoms with Crippen LogP contribution in [0, 0.1) is 20.2 Å². The summed E-state index contributed by atoms with van der Waals surface area (Å²) in [5.74, 6) is -1.31. The zero-order valence-electron chi connectivity index (χ0n) is 15.2. The largest absolute Gasteiger partial charge is 0.354 e.